The Kier molecular flexibility index (Phi) is 4.60. The van der Waals surface area contributed by atoms with E-state index in [0.717, 1.165) is 63.0 Å². The molecule has 2 saturated carbocycles. The van der Waals surface area contributed by atoms with E-state index >= 15 is 0 Å². The summed E-state index contributed by atoms with van der Waals surface area (Å²) in [6.45, 7) is 7.43. The number of rotatable bonds is 7. The molecular weight excluding hydrogens is 324 g/mol. The van der Waals surface area contributed by atoms with E-state index in [1.807, 2.05) is 0 Å². The summed E-state index contributed by atoms with van der Waals surface area (Å²) < 4.78 is 6.15. The molecule has 4 fully saturated rings. The van der Waals surface area contributed by atoms with Gasteiger partial charge in [-0.1, -0.05) is 6.08 Å². The number of hydrogen-bond acceptors (Lipinski definition) is 3. The highest BCUT2D eigenvalue weighted by Crippen LogP contribution is 2.46. The molecule has 26 heavy (non-hydrogen) atoms. The lowest BCUT2D eigenvalue weighted by atomic mass is 9.77. The van der Waals surface area contributed by atoms with E-state index in [9.17, 15) is 4.79 Å². The third-order valence-corrected chi connectivity index (χ3v) is 7.45. The number of carbonyl (C=O) groups excluding carboxylic acids is 1. The van der Waals surface area contributed by atoms with Crippen LogP contribution in [0.1, 0.15) is 51.4 Å². The highest BCUT2D eigenvalue weighted by atomic mass is 16.5. The molecule has 2 heterocycles. The number of allylic oxidation sites excluding steroid dienone is 1. The van der Waals surface area contributed by atoms with Crippen molar-refractivity contribution in [3.05, 3.63) is 11.6 Å². The summed E-state index contributed by atoms with van der Waals surface area (Å²) in [5.41, 5.74) is 1.37. The highest BCUT2D eigenvalue weighted by molar-refractivity contribution is 5.94. The molecule has 4 heteroatoms. The topological polar surface area (TPSA) is 32.8 Å². The molecular formula is C22H34N2O2. The van der Waals surface area contributed by atoms with Gasteiger partial charge in [-0.15, -0.1) is 0 Å². The Bertz CT molecular complexity index is 581. The molecule has 2 atom stereocenters. The van der Waals surface area contributed by atoms with Gasteiger partial charge in [-0.25, -0.2) is 0 Å². The lowest BCUT2D eigenvalue weighted by molar-refractivity contribution is -0.126. The van der Waals surface area contributed by atoms with E-state index in [2.05, 4.69) is 15.9 Å². The van der Waals surface area contributed by atoms with Crippen molar-refractivity contribution in [2.75, 3.05) is 45.9 Å². The summed E-state index contributed by atoms with van der Waals surface area (Å²) in [6.07, 6.45) is 12.2. The van der Waals surface area contributed by atoms with Gasteiger partial charge in [-0.2, -0.15) is 0 Å². The predicted molar refractivity (Wildman–Crippen MR) is 102 cm³/mol. The van der Waals surface area contributed by atoms with E-state index in [4.69, 9.17) is 4.74 Å². The maximum absolute atomic E-state index is 12.9. The fourth-order valence-electron chi connectivity index (χ4n) is 5.44. The molecule has 1 spiro atoms. The van der Waals surface area contributed by atoms with Crippen LogP contribution >= 0.6 is 0 Å². The zero-order chi connectivity index (χ0) is 17.6. The number of ether oxygens (including phenoxy) is 1. The minimum absolute atomic E-state index is 0.285. The molecule has 4 nitrogen and oxygen atoms in total. The highest BCUT2D eigenvalue weighted by Gasteiger charge is 2.52. The van der Waals surface area contributed by atoms with Crippen LogP contribution in [0.3, 0.4) is 0 Å². The van der Waals surface area contributed by atoms with Gasteiger partial charge >= 0.3 is 0 Å². The molecule has 3 aliphatic carbocycles. The van der Waals surface area contributed by atoms with Gasteiger partial charge < -0.3 is 14.5 Å². The molecule has 0 radical (unpaired) electrons. The van der Waals surface area contributed by atoms with Crippen molar-refractivity contribution in [1.29, 1.82) is 0 Å². The molecule has 2 aliphatic heterocycles. The van der Waals surface area contributed by atoms with E-state index in [0.29, 0.717) is 11.8 Å². The molecule has 5 rings (SSSR count). The number of hydrogen-bond donors (Lipinski definition) is 0. The molecule has 1 amide bonds. The van der Waals surface area contributed by atoms with E-state index in [1.54, 1.807) is 0 Å². The van der Waals surface area contributed by atoms with Gasteiger partial charge in [-0.3, -0.25) is 4.79 Å². The number of likely N-dealkylation sites (tertiary alicyclic amines) is 2. The summed E-state index contributed by atoms with van der Waals surface area (Å²) in [5, 5.41) is 0. The fourth-order valence-corrected chi connectivity index (χ4v) is 5.44. The van der Waals surface area contributed by atoms with Crippen LogP contribution in [0.4, 0.5) is 0 Å². The van der Waals surface area contributed by atoms with Crippen molar-refractivity contribution in [2.45, 2.75) is 51.4 Å². The van der Waals surface area contributed by atoms with Crippen LogP contribution in [-0.4, -0.2) is 61.6 Å². The van der Waals surface area contributed by atoms with Crippen LogP contribution < -0.4 is 0 Å². The minimum atomic E-state index is 0.285. The zero-order valence-corrected chi connectivity index (χ0v) is 16.1. The lowest BCUT2D eigenvalue weighted by Crippen LogP contribution is -2.38. The van der Waals surface area contributed by atoms with E-state index < -0.39 is 0 Å². The summed E-state index contributed by atoms with van der Waals surface area (Å²) in [6, 6.07) is 0. The normalized spacial score (nSPS) is 34.8. The fraction of sp³-hybridized carbons (Fsp3) is 0.864. The molecule has 5 aliphatic rings. The monoisotopic (exact) mass is 358 g/mol. The van der Waals surface area contributed by atoms with Crippen molar-refractivity contribution in [1.82, 2.24) is 9.80 Å². The Labute approximate surface area is 157 Å². The van der Waals surface area contributed by atoms with Crippen molar-refractivity contribution >= 4 is 5.91 Å². The number of nitrogens with zero attached hydrogens (tertiary/aromatic N) is 2. The predicted octanol–water partition coefficient (Wildman–Crippen LogP) is 3.08. The lowest BCUT2D eigenvalue weighted by Gasteiger charge is -2.30. The van der Waals surface area contributed by atoms with Gasteiger partial charge in [0.15, 0.2) is 0 Å². The third-order valence-electron chi connectivity index (χ3n) is 7.45. The van der Waals surface area contributed by atoms with Crippen LogP contribution in [-0.2, 0) is 9.53 Å². The van der Waals surface area contributed by atoms with Gasteiger partial charge in [-0.05, 0) is 63.2 Å². The van der Waals surface area contributed by atoms with Crippen LogP contribution in [0, 0.1) is 23.2 Å². The molecule has 0 aromatic carbocycles. The minimum Gasteiger partial charge on any atom is -0.381 e. The Morgan fingerprint density at radius 2 is 2.00 bits per heavy atom. The molecule has 0 aromatic heterocycles. The summed E-state index contributed by atoms with van der Waals surface area (Å²) in [5.74, 6) is 2.72. The quantitative estimate of drug-likeness (QED) is 0.701. The van der Waals surface area contributed by atoms with Gasteiger partial charge in [0.25, 0.3) is 0 Å². The summed E-state index contributed by atoms with van der Waals surface area (Å²) >= 11 is 0. The van der Waals surface area contributed by atoms with Crippen LogP contribution in [0.25, 0.3) is 0 Å². The van der Waals surface area contributed by atoms with Crippen molar-refractivity contribution in [3.8, 4) is 0 Å². The van der Waals surface area contributed by atoms with Gasteiger partial charge in [0, 0.05) is 56.2 Å². The van der Waals surface area contributed by atoms with Crippen molar-refractivity contribution in [3.63, 3.8) is 0 Å². The standard InChI is InChI=1S/C22H34N2O2/c25-21(19-3-1-2-4-19)24-10-9-22(16-24)15-23(11-17-5-6-17)12-20(22)14-26-13-18-7-8-18/h3,17-18,20H,1-2,4-16H2/t20-,22+/m0/s1. The first-order chi connectivity index (χ1) is 12.7. The smallest absolute Gasteiger partial charge is 0.249 e. The second-order valence-corrected chi connectivity index (χ2v) is 9.78. The maximum Gasteiger partial charge on any atom is 0.249 e. The van der Waals surface area contributed by atoms with Gasteiger partial charge in [0.1, 0.15) is 0 Å². The first kappa shape index (κ1) is 17.2. The first-order valence-electron chi connectivity index (χ1n) is 11.0. The van der Waals surface area contributed by atoms with E-state index in [-0.39, 0.29) is 5.41 Å². The average molecular weight is 359 g/mol. The van der Waals surface area contributed by atoms with Crippen molar-refractivity contribution in [2.24, 2.45) is 23.2 Å². The Hall–Kier alpha value is -0.870. The van der Waals surface area contributed by atoms with Crippen LogP contribution in [0.2, 0.25) is 0 Å². The molecule has 0 N–H and O–H groups in total. The molecule has 144 valence electrons. The Balaban J connectivity index is 1.24. The van der Waals surface area contributed by atoms with Crippen molar-refractivity contribution < 1.29 is 9.53 Å². The number of amides is 1. The molecule has 0 aromatic rings. The Morgan fingerprint density at radius 1 is 1.15 bits per heavy atom. The largest absolute Gasteiger partial charge is 0.381 e. The summed E-state index contributed by atoms with van der Waals surface area (Å²) in [7, 11) is 0. The second-order valence-electron chi connectivity index (χ2n) is 9.78. The van der Waals surface area contributed by atoms with Gasteiger partial charge in [0.2, 0.25) is 5.91 Å². The van der Waals surface area contributed by atoms with E-state index in [1.165, 1.54) is 51.7 Å². The molecule has 2 saturated heterocycles. The molecule has 0 unspecified atom stereocenters. The average Bonchev–Trinajstić information content (AvgIpc) is 3.49. The van der Waals surface area contributed by atoms with Crippen LogP contribution in [0.15, 0.2) is 11.6 Å². The second kappa shape index (κ2) is 6.94. The summed E-state index contributed by atoms with van der Waals surface area (Å²) in [4.78, 5) is 17.8. The van der Waals surface area contributed by atoms with Gasteiger partial charge in [0.05, 0.1) is 6.61 Å². The Morgan fingerprint density at radius 3 is 2.73 bits per heavy atom. The third kappa shape index (κ3) is 3.60. The SMILES string of the molecule is O=C(C1=CCCC1)N1CC[C@@]2(CN(CC3CC3)C[C@H]2COCC2CC2)C1. The maximum atomic E-state index is 12.9. The zero-order valence-electron chi connectivity index (χ0n) is 16.1. The molecule has 0 bridgehead atoms. The number of carbonyl (C=O) groups is 1. The first-order valence-corrected chi connectivity index (χ1v) is 11.0. The van der Waals surface area contributed by atoms with Crippen LogP contribution in [0.5, 0.6) is 0 Å².